The first-order valence-corrected chi connectivity index (χ1v) is 6.95. The zero-order chi connectivity index (χ0) is 14.4. The maximum absolute atomic E-state index is 11.5. The third-order valence-electron chi connectivity index (χ3n) is 2.43. The van der Waals surface area contributed by atoms with Crippen LogP contribution in [0.15, 0.2) is 35.5 Å². The van der Waals surface area contributed by atoms with E-state index in [4.69, 9.17) is 0 Å². The quantitative estimate of drug-likeness (QED) is 0.751. The summed E-state index contributed by atoms with van der Waals surface area (Å²) in [6.07, 6.45) is 1.42. The number of fused-ring (bicyclic) bond motifs is 1. The zero-order valence-electron chi connectivity index (χ0n) is 10.5. The molecule has 0 saturated carbocycles. The lowest BCUT2D eigenvalue weighted by Crippen LogP contribution is -2.31. The summed E-state index contributed by atoms with van der Waals surface area (Å²) in [5.41, 5.74) is 1.57. The van der Waals surface area contributed by atoms with Crippen LogP contribution >= 0.6 is 11.8 Å². The Labute approximate surface area is 119 Å². The highest BCUT2D eigenvalue weighted by atomic mass is 32.2. The van der Waals surface area contributed by atoms with Crippen molar-refractivity contribution in [2.45, 2.75) is 11.4 Å². The Morgan fingerprint density at radius 2 is 2.00 bits per heavy atom. The van der Waals surface area contributed by atoms with Gasteiger partial charge in [-0.1, -0.05) is 23.9 Å². The van der Waals surface area contributed by atoms with Crippen molar-refractivity contribution in [3.63, 3.8) is 0 Å². The van der Waals surface area contributed by atoms with Gasteiger partial charge in [-0.25, -0.2) is 4.98 Å². The highest BCUT2D eigenvalue weighted by Crippen LogP contribution is 2.17. The van der Waals surface area contributed by atoms with Gasteiger partial charge in [0.2, 0.25) is 5.91 Å². The second kappa shape index (κ2) is 6.85. The van der Waals surface area contributed by atoms with E-state index in [1.165, 1.54) is 11.8 Å². The Hall–Kier alpha value is -2.15. The molecule has 0 aliphatic carbocycles. The number of aromatic nitrogens is 2. The van der Waals surface area contributed by atoms with E-state index in [9.17, 15) is 14.7 Å². The molecule has 0 bridgehead atoms. The Balaban J connectivity index is 1.86. The van der Waals surface area contributed by atoms with E-state index in [2.05, 4.69) is 15.3 Å². The maximum atomic E-state index is 11.5. The number of carboxylic acids is 1. The first kappa shape index (κ1) is 14.3. The molecule has 0 spiro atoms. The molecule has 0 aliphatic rings. The molecule has 104 valence electrons. The summed E-state index contributed by atoms with van der Waals surface area (Å²) in [6.45, 7) is 0.0745. The molecular weight excluding hydrogens is 278 g/mol. The fourth-order valence-electron chi connectivity index (χ4n) is 1.50. The van der Waals surface area contributed by atoms with Gasteiger partial charge in [-0.05, 0) is 12.1 Å². The number of hydrogen-bond acceptors (Lipinski definition) is 6. The van der Waals surface area contributed by atoms with E-state index < -0.39 is 5.97 Å². The molecule has 6 nitrogen and oxygen atoms in total. The number of amides is 1. The molecule has 0 atom stereocenters. The average Bonchev–Trinajstić information content (AvgIpc) is 2.44. The predicted molar refractivity (Wildman–Crippen MR) is 72.9 cm³/mol. The molecule has 0 unspecified atom stereocenters. The van der Waals surface area contributed by atoms with E-state index in [0.717, 1.165) is 11.0 Å². The van der Waals surface area contributed by atoms with Crippen molar-refractivity contribution in [3.05, 3.63) is 30.5 Å². The van der Waals surface area contributed by atoms with Crippen molar-refractivity contribution in [3.8, 4) is 0 Å². The summed E-state index contributed by atoms with van der Waals surface area (Å²) >= 11 is 1.25. The van der Waals surface area contributed by atoms with Crippen molar-refractivity contribution in [1.29, 1.82) is 0 Å². The summed E-state index contributed by atoms with van der Waals surface area (Å²) in [7, 11) is 0. The number of thioether (sulfide) groups is 1. The van der Waals surface area contributed by atoms with Crippen LogP contribution in [0, 0.1) is 0 Å². The summed E-state index contributed by atoms with van der Waals surface area (Å²) in [4.78, 5) is 30.3. The molecule has 0 aliphatic heterocycles. The van der Waals surface area contributed by atoms with Gasteiger partial charge in [0, 0.05) is 18.9 Å². The number of carboxylic acid groups (broad SMARTS) is 1. The van der Waals surface area contributed by atoms with Gasteiger partial charge in [-0.15, -0.1) is 0 Å². The molecule has 2 aromatic rings. The van der Waals surface area contributed by atoms with Gasteiger partial charge < -0.3 is 15.2 Å². The number of hydrogen-bond donors (Lipinski definition) is 1. The first-order valence-electron chi connectivity index (χ1n) is 5.96. The van der Waals surface area contributed by atoms with Gasteiger partial charge in [-0.3, -0.25) is 9.78 Å². The third kappa shape index (κ3) is 4.20. The molecule has 0 fully saturated rings. The van der Waals surface area contributed by atoms with Gasteiger partial charge in [0.1, 0.15) is 5.03 Å². The van der Waals surface area contributed by atoms with Crippen LogP contribution < -0.4 is 10.4 Å². The maximum Gasteiger partial charge on any atom is 0.230 e. The summed E-state index contributed by atoms with van der Waals surface area (Å²) < 4.78 is 0. The second-order valence-corrected chi connectivity index (χ2v) is 4.95. The smallest absolute Gasteiger partial charge is 0.230 e. The van der Waals surface area contributed by atoms with Crippen molar-refractivity contribution < 1.29 is 14.7 Å². The molecule has 1 aromatic heterocycles. The Kier molecular flexibility index (Phi) is 4.89. The lowest BCUT2D eigenvalue weighted by Gasteiger charge is -2.05. The largest absolute Gasteiger partial charge is 0.550 e. The number of aliphatic carboxylic acids is 1. The molecule has 7 heteroatoms. The molecule has 0 radical (unpaired) electrons. The SMILES string of the molecule is O=C([O-])CCNC(=O)CSc1cnc2ccccc2n1. The van der Waals surface area contributed by atoms with Crippen molar-refractivity contribution in [2.75, 3.05) is 12.3 Å². The van der Waals surface area contributed by atoms with E-state index >= 15 is 0 Å². The molecule has 1 N–H and O–H groups in total. The molecule has 1 amide bonds. The van der Waals surface area contributed by atoms with Crippen molar-refractivity contribution >= 4 is 34.7 Å². The van der Waals surface area contributed by atoms with Crippen LogP contribution in [0.5, 0.6) is 0 Å². The van der Waals surface area contributed by atoms with E-state index in [1.54, 1.807) is 6.20 Å². The minimum atomic E-state index is -1.18. The van der Waals surface area contributed by atoms with Crippen LogP contribution in [0.4, 0.5) is 0 Å². The van der Waals surface area contributed by atoms with Crippen LogP contribution in [0.2, 0.25) is 0 Å². The lowest BCUT2D eigenvalue weighted by atomic mass is 10.3. The minimum absolute atomic E-state index is 0.0745. The number of para-hydroxylation sites is 2. The number of carbonyl (C=O) groups is 2. The fourth-order valence-corrected chi connectivity index (χ4v) is 2.18. The number of carbonyl (C=O) groups excluding carboxylic acids is 2. The third-order valence-corrected chi connectivity index (χ3v) is 3.33. The van der Waals surface area contributed by atoms with Crippen LogP contribution in [-0.4, -0.2) is 34.1 Å². The zero-order valence-corrected chi connectivity index (χ0v) is 11.4. The Bertz CT molecular complexity index is 633. The normalized spacial score (nSPS) is 10.4. The van der Waals surface area contributed by atoms with Gasteiger partial charge in [0.15, 0.2) is 0 Å². The molecule has 20 heavy (non-hydrogen) atoms. The molecular formula is C13H12N3O3S-. The Morgan fingerprint density at radius 1 is 1.25 bits per heavy atom. The lowest BCUT2D eigenvalue weighted by molar-refractivity contribution is -0.305. The number of nitrogens with zero attached hydrogens (tertiary/aromatic N) is 2. The van der Waals surface area contributed by atoms with Crippen molar-refractivity contribution in [2.24, 2.45) is 0 Å². The first-order chi connectivity index (χ1) is 9.65. The second-order valence-electron chi connectivity index (χ2n) is 3.96. The topological polar surface area (TPSA) is 95.0 Å². The predicted octanol–water partition coefficient (Wildman–Crippen LogP) is -0.0219. The summed E-state index contributed by atoms with van der Waals surface area (Å²) in [6, 6.07) is 7.47. The standard InChI is InChI=1S/C13H13N3O3S/c17-11(14-6-5-13(18)19)8-20-12-7-15-9-3-1-2-4-10(9)16-12/h1-4,7H,5-6,8H2,(H,14,17)(H,18,19)/p-1. The molecule has 1 aromatic carbocycles. The van der Waals surface area contributed by atoms with Gasteiger partial charge in [-0.2, -0.15) is 0 Å². The van der Waals surface area contributed by atoms with Gasteiger partial charge >= 0.3 is 0 Å². The monoisotopic (exact) mass is 290 g/mol. The van der Waals surface area contributed by atoms with Crippen LogP contribution in [0.1, 0.15) is 6.42 Å². The van der Waals surface area contributed by atoms with Gasteiger partial charge in [0.25, 0.3) is 0 Å². The van der Waals surface area contributed by atoms with Crippen LogP contribution in [0.3, 0.4) is 0 Å². The molecule has 0 saturated heterocycles. The van der Waals surface area contributed by atoms with E-state index in [1.807, 2.05) is 24.3 Å². The van der Waals surface area contributed by atoms with Crippen LogP contribution in [0.25, 0.3) is 11.0 Å². The minimum Gasteiger partial charge on any atom is -0.550 e. The fraction of sp³-hybridized carbons (Fsp3) is 0.231. The van der Waals surface area contributed by atoms with E-state index in [-0.39, 0.29) is 24.6 Å². The average molecular weight is 290 g/mol. The van der Waals surface area contributed by atoms with Crippen LogP contribution in [-0.2, 0) is 9.59 Å². The highest BCUT2D eigenvalue weighted by Gasteiger charge is 2.04. The number of rotatable bonds is 6. The van der Waals surface area contributed by atoms with E-state index in [0.29, 0.717) is 5.03 Å². The summed E-state index contributed by atoms with van der Waals surface area (Å²) in [5.74, 6) is -1.26. The number of benzene rings is 1. The molecule has 1 heterocycles. The summed E-state index contributed by atoms with van der Waals surface area (Å²) in [5, 5.41) is 13.3. The number of nitrogens with one attached hydrogen (secondary N) is 1. The Morgan fingerprint density at radius 3 is 2.75 bits per heavy atom. The van der Waals surface area contributed by atoms with Gasteiger partial charge in [0.05, 0.1) is 23.0 Å². The van der Waals surface area contributed by atoms with Crippen molar-refractivity contribution in [1.82, 2.24) is 15.3 Å². The highest BCUT2D eigenvalue weighted by molar-refractivity contribution is 7.99. The molecule has 2 rings (SSSR count).